The molecule has 0 bridgehead atoms. The summed E-state index contributed by atoms with van der Waals surface area (Å²) in [6.07, 6.45) is 1.25. The lowest BCUT2D eigenvalue weighted by molar-refractivity contribution is 1.05. The smallest absolute Gasteiger partial charge is 0.0576 e. The van der Waals surface area contributed by atoms with E-state index in [0.29, 0.717) is 0 Å². The molecule has 0 fully saturated rings. The lowest BCUT2D eigenvalue weighted by atomic mass is 10.2. The van der Waals surface area contributed by atoms with Crippen molar-refractivity contribution < 1.29 is 0 Å². The molecule has 1 aliphatic rings. The van der Waals surface area contributed by atoms with Crippen LogP contribution in [0.15, 0.2) is 24.3 Å². The van der Waals surface area contributed by atoms with E-state index in [4.69, 9.17) is 0 Å². The first kappa shape index (κ1) is 13.8. The van der Waals surface area contributed by atoms with Gasteiger partial charge in [-0.1, -0.05) is 46.2 Å². The molecular formula is C13H24N2. The predicted octanol–water partition coefficient (Wildman–Crippen LogP) is 3.97. The molecule has 86 valence electrons. The maximum absolute atomic E-state index is 3.30. The molecule has 2 nitrogen and oxygen atoms in total. The summed E-state index contributed by atoms with van der Waals surface area (Å²) in [7, 11) is 0. The Bertz CT molecular complexity index is 221. The summed E-state index contributed by atoms with van der Waals surface area (Å²) in [4.78, 5) is 0. The molecule has 1 heterocycles. The zero-order valence-corrected chi connectivity index (χ0v) is 10.4. The summed E-state index contributed by atoms with van der Waals surface area (Å²) >= 11 is 0. The molecule has 2 heteroatoms. The first-order chi connectivity index (χ1) is 7.38. The van der Waals surface area contributed by atoms with Crippen molar-refractivity contribution >= 4 is 11.4 Å². The van der Waals surface area contributed by atoms with Crippen LogP contribution in [-0.2, 0) is 0 Å². The Morgan fingerprint density at radius 1 is 0.933 bits per heavy atom. The number of benzene rings is 1. The first-order valence-corrected chi connectivity index (χ1v) is 5.95. The maximum Gasteiger partial charge on any atom is 0.0576 e. The van der Waals surface area contributed by atoms with Crippen molar-refractivity contribution in [2.75, 3.05) is 23.7 Å². The number of hydrogen-bond acceptors (Lipinski definition) is 2. The quantitative estimate of drug-likeness (QED) is 0.674. The number of hydrogen-bond donors (Lipinski definition) is 2. The molecule has 0 spiro atoms. The van der Waals surface area contributed by atoms with Crippen molar-refractivity contribution in [1.82, 2.24) is 0 Å². The van der Waals surface area contributed by atoms with Crippen LogP contribution in [-0.4, -0.2) is 13.1 Å². The van der Waals surface area contributed by atoms with Gasteiger partial charge in [-0.25, -0.2) is 0 Å². The van der Waals surface area contributed by atoms with Crippen molar-refractivity contribution in [2.24, 2.45) is 0 Å². The zero-order valence-electron chi connectivity index (χ0n) is 10.4. The van der Waals surface area contributed by atoms with Gasteiger partial charge in [0.1, 0.15) is 0 Å². The van der Waals surface area contributed by atoms with Gasteiger partial charge in [-0.3, -0.25) is 0 Å². The third-order valence-corrected chi connectivity index (χ3v) is 1.68. The van der Waals surface area contributed by atoms with Crippen molar-refractivity contribution in [3.8, 4) is 0 Å². The van der Waals surface area contributed by atoms with Crippen molar-refractivity contribution in [3.05, 3.63) is 24.3 Å². The van der Waals surface area contributed by atoms with E-state index in [1.54, 1.807) is 0 Å². The van der Waals surface area contributed by atoms with Crippen LogP contribution in [0.4, 0.5) is 11.4 Å². The van der Waals surface area contributed by atoms with Crippen LogP contribution in [0.5, 0.6) is 0 Å². The van der Waals surface area contributed by atoms with Crippen molar-refractivity contribution in [3.63, 3.8) is 0 Å². The van der Waals surface area contributed by atoms with E-state index in [0.717, 1.165) is 13.1 Å². The Balaban J connectivity index is 0.000000342. The van der Waals surface area contributed by atoms with Crippen LogP contribution in [0.25, 0.3) is 0 Å². The highest BCUT2D eigenvalue weighted by atomic mass is 15.0. The molecule has 15 heavy (non-hydrogen) atoms. The van der Waals surface area contributed by atoms with Crippen LogP contribution in [0.2, 0.25) is 0 Å². The molecule has 0 aliphatic carbocycles. The number of nitrogens with one attached hydrogen (secondary N) is 2. The molecule has 0 radical (unpaired) electrons. The Labute approximate surface area is 94.1 Å². The minimum Gasteiger partial charge on any atom is -0.382 e. The molecule has 1 aliphatic heterocycles. The molecule has 0 saturated heterocycles. The van der Waals surface area contributed by atoms with E-state index < -0.39 is 0 Å². The average molecular weight is 208 g/mol. The molecule has 0 atom stereocenters. The molecule has 1 aromatic rings. The summed E-state index contributed by atoms with van der Waals surface area (Å²) in [5.74, 6) is 0. The Morgan fingerprint density at radius 3 is 1.60 bits per heavy atom. The highest BCUT2D eigenvalue weighted by Crippen LogP contribution is 2.22. The average Bonchev–Trinajstić information content (AvgIpc) is 2.33. The number of rotatable bonds is 0. The number of fused-ring (bicyclic) bond motifs is 1. The minimum absolute atomic E-state index is 1.02. The van der Waals surface area contributed by atoms with Crippen molar-refractivity contribution in [2.45, 2.75) is 34.1 Å². The van der Waals surface area contributed by atoms with Crippen LogP contribution in [0.1, 0.15) is 34.1 Å². The van der Waals surface area contributed by atoms with Gasteiger partial charge in [0.05, 0.1) is 11.4 Å². The topological polar surface area (TPSA) is 24.1 Å². The fraction of sp³-hybridized carbons (Fsp3) is 0.538. The van der Waals surface area contributed by atoms with Crippen LogP contribution < -0.4 is 10.6 Å². The third-order valence-electron chi connectivity index (χ3n) is 1.68. The monoisotopic (exact) mass is 208 g/mol. The van der Waals surface area contributed by atoms with Crippen LogP contribution in [0, 0.1) is 0 Å². The van der Waals surface area contributed by atoms with E-state index in [9.17, 15) is 0 Å². The summed E-state index contributed by atoms with van der Waals surface area (Å²) in [5.41, 5.74) is 2.43. The largest absolute Gasteiger partial charge is 0.382 e. The normalized spacial score (nSPS) is 11.5. The molecule has 2 rings (SSSR count). The van der Waals surface area contributed by atoms with E-state index in [2.05, 4.69) is 36.6 Å². The number of anilines is 2. The van der Waals surface area contributed by atoms with Gasteiger partial charge in [-0.05, 0) is 12.1 Å². The minimum atomic E-state index is 1.02. The summed E-state index contributed by atoms with van der Waals surface area (Å²) in [6, 6.07) is 8.25. The summed E-state index contributed by atoms with van der Waals surface area (Å²) < 4.78 is 0. The van der Waals surface area contributed by atoms with Crippen LogP contribution >= 0.6 is 0 Å². The fourth-order valence-electron chi connectivity index (χ4n) is 1.19. The molecule has 1 aromatic carbocycles. The Hall–Kier alpha value is -1.18. The summed E-state index contributed by atoms with van der Waals surface area (Å²) in [5, 5.41) is 6.60. The maximum atomic E-state index is 3.30. The highest BCUT2D eigenvalue weighted by Gasteiger charge is 2.03. The summed E-state index contributed by atoms with van der Waals surface area (Å²) in [6.45, 7) is 10.3. The number of para-hydroxylation sites is 2. The molecular weight excluding hydrogens is 184 g/mol. The molecule has 0 aromatic heterocycles. The highest BCUT2D eigenvalue weighted by molar-refractivity contribution is 5.70. The molecule has 2 N–H and O–H groups in total. The van der Waals surface area contributed by atoms with E-state index >= 15 is 0 Å². The van der Waals surface area contributed by atoms with Gasteiger partial charge >= 0.3 is 0 Å². The van der Waals surface area contributed by atoms with Crippen molar-refractivity contribution in [1.29, 1.82) is 0 Å². The lowest BCUT2D eigenvalue weighted by Gasteiger charge is -2.18. The van der Waals surface area contributed by atoms with Crippen LogP contribution in [0.3, 0.4) is 0 Å². The Morgan fingerprint density at radius 2 is 1.27 bits per heavy atom. The first-order valence-electron chi connectivity index (χ1n) is 5.95. The zero-order chi connectivity index (χ0) is 11.5. The second kappa shape index (κ2) is 9.38. The van der Waals surface area contributed by atoms with Gasteiger partial charge in [0.15, 0.2) is 0 Å². The molecule has 0 unspecified atom stereocenters. The van der Waals surface area contributed by atoms with E-state index in [1.165, 1.54) is 17.8 Å². The standard InChI is InChI=1S/C8H10N2.C3H8.C2H6/c1-2-4-8-7(3-1)9-5-6-10-8;1-3-2;1-2/h1-4,9-10H,5-6H2;3H2,1-2H3;1-2H3. The molecule has 0 amide bonds. The van der Waals surface area contributed by atoms with E-state index in [-0.39, 0.29) is 0 Å². The SMILES string of the molecule is CC.CCC.c1ccc2c(c1)NCCN2. The second-order valence-corrected chi connectivity index (χ2v) is 3.11. The van der Waals surface area contributed by atoms with Gasteiger partial charge in [-0.2, -0.15) is 0 Å². The predicted molar refractivity (Wildman–Crippen MR) is 70.7 cm³/mol. The van der Waals surface area contributed by atoms with Gasteiger partial charge in [-0.15, -0.1) is 0 Å². The van der Waals surface area contributed by atoms with E-state index in [1.807, 2.05) is 26.0 Å². The van der Waals surface area contributed by atoms with Gasteiger partial charge in [0, 0.05) is 13.1 Å². The fourth-order valence-corrected chi connectivity index (χ4v) is 1.19. The van der Waals surface area contributed by atoms with Gasteiger partial charge < -0.3 is 10.6 Å². The van der Waals surface area contributed by atoms with Gasteiger partial charge in [0.25, 0.3) is 0 Å². The third kappa shape index (κ3) is 5.31. The lowest BCUT2D eigenvalue weighted by Crippen LogP contribution is -2.19. The Kier molecular flexibility index (Phi) is 8.64. The molecule has 0 saturated carbocycles. The van der Waals surface area contributed by atoms with Gasteiger partial charge in [0.2, 0.25) is 0 Å². The second-order valence-electron chi connectivity index (χ2n) is 3.11.